The van der Waals surface area contributed by atoms with Gasteiger partial charge in [-0.1, -0.05) is 18.2 Å². The molecule has 1 fully saturated rings. The fourth-order valence-electron chi connectivity index (χ4n) is 2.21. The van der Waals surface area contributed by atoms with E-state index < -0.39 is 0 Å². The monoisotopic (exact) mass is 321 g/mol. The highest BCUT2D eigenvalue weighted by Gasteiger charge is 2.27. The Labute approximate surface area is 134 Å². The molecule has 2 rings (SSSR count). The molecule has 1 saturated heterocycles. The molecule has 0 unspecified atom stereocenters. The number of benzene rings is 1. The van der Waals surface area contributed by atoms with Gasteiger partial charge in [-0.25, -0.2) is 9.18 Å². The zero-order chi connectivity index (χ0) is 16.7. The second kappa shape index (κ2) is 8.11. The number of carbonyl (C=O) groups excluding carboxylic acids is 2. The largest absolute Gasteiger partial charge is 0.356 e. The van der Waals surface area contributed by atoms with Crippen LogP contribution in [-0.4, -0.2) is 56.0 Å². The standard InChI is InChI=1S/C15H20FN5O2/c1-17-14(18-7-6-11-4-2-3-5-12(11)16)19-8-9-21-13(22)10-20-15(21)23/h2-5H,6-10H2,1H3,(H,20,23)(H2,17,18,19). The summed E-state index contributed by atoms with van der Waals surface area (Å²) in [7, 11) is 1.62. The van der Waals surface area contributed by atoms with Crippen molar-refractivity contribution in [1.82, 2.24) is 20.9 Å². The molecule has 8 heteroatoms. The lowest BCUT2D eigenvalue weighted by molar-refractivity contribution is -0.124. The van der Waals surface area contributed by atoms with Gasteiger partial charge >= 0.3 is 6.03 Å². The summed E-state index contributed by atoms with van der Waals surface area (Å²) >= 11 is 0. The lowest BCUT2D eigenvalue weighted by atomic mass is 10.1. The van der Waals surface area contributed by atoms with Crippen molar-refractivity contribution in [3.63, 3.8) is 0 Å². The molecule has 1 aliphatic heterocycles. The van der Waals surface area contributed by atoms with Crippen LogP contribution < -0.4 is 16.0 Å². The van der Waals surface area contributed by atoms with E-state index in [2.05, 4.69) is 20.9 Å². The van der Waals surface area contributed by atoms with Gasteiger partial charge in [0.15, 0.2) is 5.96 Å². The first-order chi connectivity index (χ1) is 11.1. The van der Waals surface area contributed by atoms with E-state index in [4.69, 9.17) is 0 Å². The van der Waals surface area contributed by atoms with Crippen LogP contribution in [0.3, 0.4) is 0 Å². The topological polar surface area (TPSA) is 85.8 Å². The van der Waals surface area contributed by atoms with E-state index in [-0.39, 0.29) is 30.8 Å². The Morgan fingerprint density at radius 3 is 2.70 bits per heavy atom. The van der Waals surface area contributed by atoms with Gasteiger partial charge in [0.05, 0.1) is 6.54 Å². The summed E-state index contributed by atoms with van der Waals surface area (Å²) in [5.74, 6) is 0.0727. The van der Waals surface area contributed by atoms with Gasteiger partial charge in [-0.3, -0.25) is 14.7 Å². The fourth-order valence-corrected chi connectivity index (χ4v) is 2.21. The fraction of sp³-hybridized carbons (Fsp3) is 0.400. The number of carbonyl (C=O) groups is 2. The average molecular weight is 321 g/mol. The number of nitrogens with zero attached hydrogens (tertiary/aromatic N) is 2. The lowest BCUT2D eigenvalue weighted by Gasteiger charge is -2.15. The van der Waals surface area contributed by atoms with Crippen LogP contribution in [0.1, 0.15) is 5.56 Å². The maximum Gasteiger partial charge on any atom is 0.324 e. The van der Waals surface area contributed by atoms with Gasteiger partial charge in [0.1, 0.15) is 5.82 Å². The highest BCUT2D eigenvalue weighted by atomic mass is 19.1. The predicted molar refractivity (Wildman–Crippen MR) is 84.6 cm³/mol. The summed E-state index contributed by atoms with van der Waals surface area (Å²) in [6.45, 7) is 1.22. The number of urea groups is 1. The Bertz CT molecular complexity index is 589. The summed E-state index contributed by atoms with van der Waals surface area (Å²) in [5.41, 5.74) is 0.634. The smallest absolute Gasteiger partial charge is 0.324 e. The zero-order valence-electron chi connectivity index (χ0n) is 12.9. The number of nitrogens with one attached hydrogen (secondary N) is 3. The van der Waals surface area contributed by atoms with Crippen molar-refractivity contribution in [2.75, 3.05) is 33.2 Å². The van der Waals surface area contributed by atoms with Crippen molar-refractivity contribution >= 4 is 17.9 Å². The minimum atomic E-state index is -0.376. The molecule has 3 amide bonds. The van der Waals surface area contributed by atoms with Crippen molar-refractivity contribution in [2.24, 2.45) is 4.99 Å². The van der Waals surface area contributed by atoms with Crippen LogP contribution in [0.25, 0.3) is 0 Å². The van der Waals surface area contributed by atoms with Gasteiger partial charge < -0.3 is 16.0 Å². The molecule has 1 aromatic carbocycles. The average Bonchev–Trinajstić information content (AvgIpc) is 2.86. The van der Waals surface area contributed by atoms with E-state index in [0.717, 1.165) is 4.90 Å². The van der Waals surface area contributed by atoms with Crippen LogP contribution in [0.2, 0.25) is 0 Å². The molecule has 1 aromatic rings. The van der Waals surface area contributed by atoms with Gasteiger partial charge in [0, 0.05) is 26.7 Å². The molecule has 1 aliphatic rings. The summed E-state index contributed by atoms with van der Waals surface area (Å²) in [4.78, 5) is 28.0. The molecule has 0 spiro atoms. The van der Waals surface area contributed by atoms with Crippen molar-refractivity contribution in [3.05, 3.63) is 35.6 Å². The SMILES string of the molecule is CN=C(NCCc1ccccc1F)NCCN1C(=O)CNC1=O. The van der Waals surface area contributed by atoms with Crippen molar-refractivity contribution in [2.45, 2.75) is 6.42 Å². The Morgan fingerprint density at radius 1 is 1.30 bits per heavy atom. The third-order valence-corrected chi connectivity index (χ3v) is 3.43. The first-order valence-corrected chi connectivity index (χ1v) is 7.38. The molecule has 3 N–H and O–H groups in total. The molecular weight excluding hydrogens is 301 g/mol. The number of aliphatic imine (C=N–C) groups is 1. The molecule has 0 aliphatic carbocycles. The summed E-state index contributed by atoms with van der Waals surface area (Å²) in [6, 6.07) is 6.25. The normalized spacial score (nSPS) is 14.9. The lowest BCUT2D eigenvalue weighted by Crippen LogP contribution is -2.43. The van der Waals surface area contributed by atoms with Crippen LogP contribution in [-0.2, 0) is 11.2 Å². The Morgan fingerprint density at radius 2 is 2.04 bits per heavy atom. The third-order valence-electron chi connectivity index (χ3n) is 3.43. The van der Waals surface area contributed by atoms with E-state index in [1.54, 1.807) is 25.2 Å². The van der Waals surface area contributed by atoms with Crippen LogP contribution >= 0.6 is 0 Å². The number of guanidine groups is 1. The van der Waals surface area contributed by atoms with E-state index in [1.807, 2.05) is 0 Å². The molecule has 23 heavy (non-hydrogen) atoms. The number of rotatable bonds is 6. The summed E-state index contributed by atoms with van der Waals surface area (Å²) in [5, 5.41) is 8.53. The van der Waals surface area contributed by atoms with Crippen LogP contribution in [0.15, 0.2) is 29.3 Å². The molecule has 1 heterocycles. The zero-order valence-corrected chi connectivity index (χ0v) is 12.9. The first kappa shape index (κ1) is 16.7. The molecule has 0 saturated carbocycles. The number of halogens is 1. The predicted octanol–water partition coefficient (Wildman–Crippen LogP) is 0.0850. The van der Waals surface area contributed by atoms with E-state index in [9.17, 15) is 14.0 Å². The maximum atomic E-state index is 13.5. The highest BCUT2D eigenvalue weighted by molar-refractivity contribution is 6.01. The van der Waals surface area contributed by atoms with Gasteiger partial charge in [0.25, 0.3) is 0 Å². The van der Waals surface area contributed by atoms with Gasteiger partial charge in [-0.2, -0.15) is 0 Å². The molecule has 0 bridgehead atoms. The molecule has 0 aromatic heterocycles. The summed E-state index contributed by atoms with van der Waals surface area (Å²) < 4.78 is 13.5. The van der Waals surface area contributed by atoms with E-state index >= 15 is 0 Å². The van der Waals surface area contributed by atoms with Crippen LogP contribution in [0.4, 0.5) is 9.18 Å². The number of imide groups is 1. The second-order valence-corrected chi connectivity index (χ2v) is 4.97. The van der Waals surface area contributed by atoms with Gasteiger partial charge in [-0.15, -0.1) is 0 Å². The molecule has 124 valence electrons. The first-order valence-electron chi connectivity index (χ1n) is 7.38. The van der Waals surface area contributed by atoms with Crippen LogP contribution in [0, 0.1) is 5.82 Å². The minimum Gasteiger partial charge on any atom is -0.356 e. The van der Waals surface area contributed by atoms with Crippen molar-refractivity contribution < 1.29 is 14.0 Å². The number of amides is 3. The van der Waals surface area contributed by atoms with E-state index in [0.29, 0.717) is 31.0 Å². The number of hydrogen-bond acceptors (Lipinski definition) is 3. The quantitative estimate of drug-likeness (QED) is 0.394. The Balaban J connectivity index is 1.70. The molecule has 7 nitrogen and oxygen atoms in total. The molecule has 0 atom stereocenters. The van der Waals surface area contributed by atoms with Crippen molar-refractivity contribution in [3.8, 4) is 0 Å². The molecular formula is C15H20FN5O2. The molecule has 0 radical (unpaired) electrons. The van der Waals surface area contributed by atoms with Crippen molar-refractivity contribution in [1.29, 1.82) is 0 Å². The van der Waals surface area contributed by atoms with E-state index in [1.165, 1.54) is 6.07 Å². The summed E-state index contributed by atoms with van der Waals surface area (Å²) in [6.07, 6.45) is 0.528. The van der Waals surface area contributed by atoms with Gasteiger partial charge in [0.2, 0.25) is 5.91 Å². The third kappa shape index (κ3) is 4.67. The Hall–Kier alpha value is -2.64. The van der Waals surface area contributed by atoms with Gasteiger partial charge in [-0.05, 0) is 18.1 Å². The highest BCUT2D eigenvalue weighted by Crippen LogP contribution is 2.06. The number of hydrogen-bond donors (Lipinski definition) is 3. The second-order valence-electron chi connectivity index (χ2n) is 4.97. The maximum absolute atomic E-state index is 13.5. The van der Waals surface area contributed by atoms with Crippen LogP contribution in [0.5, 0.6) is 0 Å². The Kier molecular flexibility index (Phi) is 5.90. The minimum absolute atomic E-state index is 0.0500.